The molecule has 1 nitrogen and oxygen atoms in total. The monoisotopic (exact) mass is 402 g/mol. The van der Waals surface area contributed by atoms with E-state index in [2.05, 4.69) is 43.8 Å². The Morgan fingerprint density at radius 2 is 0.966 bits per heavy atom. The van der Waals surface area contributed by atoms with Crippen LogP contribution in [0.15, 0.2) is 18.5 Å². The van der Waals surface area contributed by atoms with E-state index in [0.717, 1.165) is 0 Å². The zero-order chi connectivity index (χ0) is 21.0. The van der Waals surface area contributed by atoms with Crippen molar-refractivity contribution in [3.05, 3.63) is 29.6 Å². The van der Waals surface area contributed by atoms with Gasteiger partial charge in [-0.1, -0.05) is 104 Å². The van der Waals surface area contributed by atoms with Crippen molar-refractivity contribution in [2.24, 2.45) is 0 Å². The van der Waals surface area contributed by atoms with Crippen LogP contribution < -0.4 is 4.57 Å². The van der Waals surface area contributed by atoms with Gasteiger partial charge in [-0.05, 0) is 37.7 Å². The van der Waals surface area contributed by atoms with Crippen LogP contribution in [0.3, 0.4) is 0 Å². The minimum absolute atomic E-state index is 1.20. The third kappa shape index (κ3) is 13.9. The molecule has 1 aromatic rings. The lowest BCUT2D eigenvalue weighted by Gasteiger charge is -2.08. The zero-order valence-corrected chi connectivity index (χ0v) is 20.3. The van der Waals surface area contributed by atoms with E-state index in [1.54, 1.807) is 11.1 Å². The zero-order valence-electron chi connectivity index (χ0n) is 20.3. The molecule has 168 valence electrons. The van der Waals surface area contributed by atoms with Crippen LogP contribution in [0.1, 0.15) is 141 Å². The van der Waals surface area contributed by atoms with E-state index >= 15 is 0 Å². The Balaban J connectivity index is 2.11. The Bertz CT molecular complexity index is 479. The van der Waals surface area contributed by atoms with Crippen LogP contribution in [0.4, 0.5) is 0 Å². The second-order valence-corrected chi connectivity index (χ2v) is 9.18. The van der Waals surface area contributed by atoms with Crippen molar-refractivity contribution in [3.63, 3.8) is 0 Å². The van der Waals surface area contributed by atoms with E-state index in [1.807, 2.05) is 0 Å². The predicted molar refractivity (Wildman–Crippen MR) is 130 cm³/mol. The number of unbranched alkanes of at least 4 members (excludes halogenated alkanes) is 14. The van der Waals surface area contributed by atoms with E-state index in [4.69, 9.17) is 0 Å². The molecular weight excluding hydrogens is 350 g/mol. The maximum absolute atomic E-state index is 2.46. The highest BCUT2D eigenvalue weighted by Gasteiger charge is 2.09. The molecule has 0 radical (unpaired) electrons. The third-order valence-electron chi connectivity index (χ3n) is 6.32. The van der Waals surface area contributed by atoms with Gasteiger partial charge in [0.05, 0.1) is 0 Å². The molecular formula is C28H52N+. The molecule has 0 atom stereocenters. The number of aromatic nitrogens is 1. The van der Waals surface area contributed by atoms with Gasteiger partial charge in [0, 0.05) is 18.1 Å². The fraction of sp³-hybridized carbons (Fsp3) is 0.821. The summed E-state index contributed by atoms with van der Waals surface area (Å²) in [5, 5.41) is 0. The minimum Gasteiger partial charge on any atom is -0.205 e. The third-order valence-corrected chi connectivity index (χ3v) is 6.32. The molecule has 0 unspecified atom stereocenters. The topological polar surface area (TPSA) is 3.88 Å². The van der Waals surface area contributed by atoms with Crippen molar-refractivity contribution >= 4 is 0 Å². The van der Waals surface area contributed by atoms with Gasteiger partial charge < -0.3 is 0 Å². The van der Waals surface area contributed by atoms with E-state index in [-0.39, 0.29) is 0 Å². The van der Waals surface area contributed by atoms with Gasteiger partial charge in [0.1, 0.15) is 6.54 Å². The van der Waals surface area contributed by atoms with Crippen molar-refractivity contribution in [2.75, 3.05) is 0 Å². The normalized spacial score (nSPS) is 11.3. The first-order chi connectivity index (χ1) is 14.3. The molecule has 0 fully saturated rings. The summed E-state index contributed by atoms with van der Waals surface area (Å²) < 4.78 is 2.46. The molecule has 1 heteroatoms. The Morgan fingerprint density at radius 1 is 0.517 bits per heavy atom. The van der Waals surface area contributed by atoms with Gasteiger partial charge in [0.2, 0.25) is 0 Å². The van der Waals surface area contributed by atoms with Crippen LogP contribution in [0.2, 0.25) is 0 Å². The van der Waals surface area contributed by atoms with Gasteiger partial charge in [-0.2, -0.15) is 0 Å². The van der Waals surface area contributed by atoms with E-state index in [0.29, 0.717) is 0 Å². The molecule has 29 heavy (non-hydrogen) atoms. The highest BCUT2D eigenvalue weighted by molar-refractivity contribution is 5.21. The number of hydrogen-bond acceptors (Lipinski definition) is 0. The number of hydrogen-bond donors (Lipinski definition) is 0. The summed E-state index contributed by atoms with van der Waals surface area (Å²) >= 11 is 0. The van der Waals surface area contributed by atoms with Gasteiger partial charge in [0.15, 0.2) is 12.4 Å². The van der Waals surface area contributed by atoms with Crippen LogP contribution in [0, 0.1) is 0 Å². The Kier molecular flexibility index (Phi) is 17.3. The molecule has 0 aliphatic heterocycles. The lowest BCUT2D eigenvalue weighted by Crippen LogP contribution is -2.33. The highest BCUT2D eigenvalue weighted by Crippen LogP contribution is 2.14. The van der Waals surface area contributed by atoms with E-state index < -0.39 is 0 Å². The first-order valence-electron chi connectivity index (χ1n) is 13.3. The first kappa shape index (κ1) is 26.2. The Hall–Kier alpha value is -0.850. The van der Waals surface area contributed by atoms with Crippen molar-refractivity contribution in [1.82, 2.24) is 0 Å². The van der Waals surface area contributed by atoms with Gasteiger partial charge in [-0.15, -0.1) is 0 Å². The van der Waals surface area contributed by atoms with Crippen molar-refractivity contribution in [2.45, 2.75) is 149 Å². The fourth-order valence-corrected chi connectivity index (χ4v) is 4.27. The second kappa shape index (κ2) is 19.1. The van der Waals surface area contributed by atoms with Crippen LogP contribution in [0.5, 0.6) is 0 Å². The van der Waals surface area contributed by atoms with Gasteiger partial charge in [-0.3, -0.25) is 0 Å². The van der Waals surface area contributed by atoms with Gasteiger partial charge in [-0.25, -0.2) is 4.57 Å². The molecule has 1 rings (SSSR count). The first-order valence-corrected chi connectivity index (χ1v) is 13.3. The largest absolute Gasteiger partial charge is 0.205 e. The fourth-order valence-electron chi connectivity index (χ4n) is 4.27. The lowest BCUT2D eigenvalue weighted by atomic mass is 10.00. The number of pyridine rings is 1. The minimum atomic E-state index is 1.20. The summed E-state index contributed by atoms with van der Waals surface area (Å²) in [7, 11) is 0. The average molecular weight is 403 g/mol. The Morgan fingerprint density at radius 3 is 1.48 bits per heavy atom. The number of rotatable bonds is 20. The number of aryl methyl sites for hydroxylation is 3. The predicted octanol–water partition coefficient (Wildman–Crippen LogP) is 8.75. The number of nitrogens with zero attached hydrogens (tertiary/aromatic N) is 1. The average Bonchev–Trinajstić information content (AvgIpc) is 2.74. The SMILES string of the molecule is CCCCCCCCCCCCCCC[n+]1ccc(CCCC)c(CCCC)c1. The van der Waals surface area contributed by atoms with Crippen LogP contribution in [-0.4, -0.2) is 0 Å². The second-order valence-electron chi connectivity index (χ2n) is 9.18. The van der Waals surface area contributed by atoms with E-state index in [9.17, 15) is 0 Å². The van der Waals surface area contributed by atoms with Gasteiger partial charge >= 0.3 is 0 Å². The van der Waals surface area contributed by atoms with Crippen LogP contribution in [-0.2, 0) is 19.4 Å². The molecule has 0 N–H and O–H groups in total. The van der Waals surface area contributed by atoms with Crippen molar-refractivity contribution < 1.29 is 4.57 Å². The maximum atomic E-state index is 2.46. The summed E-state index contributed by atoms with van der Waals surface area (Å²) in [4.78, 5) is 0. The van der Waals surface area contributed by atoms with Gasteiger partial charge in [0.25, 0.3) is 0 Å². The molecule has 1 heterocycles. The van der Waals surface area contributed by atoms with E-state index in [1.165, 1.54) is 129 Å². The van der Waals surface area contributed by atoms with Crippen LogP contribution >= 0.6 is 0 Å². The highest BCUT2D eigenvalue weighted by atomic mass is 14.9. The van der Waals surface area contributed by atoms with Crippen LogP contribution in [0.25, 0.3) is 0 Å². The summed E-state index contributed by atoms with van der Waals surface area (Å²) in [6.45, 7) is 8.10. The molecule has 0 amide bonds. The smallest absolute Gasteiger partial charge is 0.172 e. The standard InChI is InChI=1S/C28H52N/c1-4-7-10-11-12-13-14-15-16-17-18-19-20-24-29-25-23-27(21-8-5-2)28(26-29)22-9-6-3/h23,25-26H,4-22,24H2,1-3H3/q+1. The molecule has 1 aromatic heterocycles. The molecule has 0 aliphatic rings. The summed E-state index contributed by atoms with van der Waals surface area (Å²) in [5.41, 5.74) is 3.21. The molecule has 0 spiro atoms. The molecule has 0 bridgehead atoms. The maximum Gasteiger partial charge on any atom is 0.172 e. The Labute approximate surface area is 183 Å². The molecule has 0 saturated heterocycles. The quantitative estimate of drug-likeness (QED) is 0.151. The lowest BCUT2D eigenvalue weighted by molar-refractivity contribution is -0.697. The summed E-state index contributed by atoms with van der Waals surface area (Å²) in [6.07, 6.45) is 31.2. The van der Waals surface area contributed by atoms with Crippen molar-refractivity contribution in [1.29, 1.82) is 0 Å². The summed E-state index contributed by atoms with van der Waals surface area (Å²) in [5.74, 6) is 0. The van der Waals surface area contributed by atoms with Crippen molar-refractivity contribution in [3.8, 4) is 0 Å². The molecule has 0 aliphatic carbocycles. The summed E-state index contributed by atoms with van der Waals surface area (Å²) in [6, 6.07) is 2.41. The molecule has 0 saturated carbocycles. The molecule has 0 aromatic carbocycles.